The van der Waals surface area contributed by atoms with Gasteiger partial charge in [-0.3, -0.25) is 0 Å². The van der Waals surface area contributed by atoms with Gasteiger partial charge in [0.2, 0.25) is 0 Å². The lowest BCUT2D eigenvalue weighted by Crippen LogP contribution is -2.05. The summed E-state index contributed by atoms with van der Waals surface area (Å²) in [4.78, 5) is 0. The molecule has 0 saturated heterocycles. The van der Waals surface area contributed by atoms with Crippen molar-refractivity contribution in [3.05, 3.63) is 6.42 Å². The fourth-order valence-electron chi connectivity index (χ4n) is 1.76. The van der Waals surface area contributed by atoms with Crippen molar-refractivity contribution in [2.45, 2.75) is 45.4 Å². The minimum Gasteiger partial charge on any atom is -0.0533 e. The highest BCUT2D eigenvalue weighted by molar-refractivity contribution is 4.70. The van der Waals surface area contributed by atoms with Crippen molar-refractivity contribution >= 4 is 0 Å². The molecular weight excluding hydrogens is 108 g/mol. The van der Waals surface area contributed by atoms with E-state index >= 15 is 0 Å². The first-order valence-electron chi connectivity index (χ1n) is 4.21. The van der Waals surface area contributed by atoms with Crippen LogP contribution in [0, 0.1) is 12.3 Å². The van der Waals surface area contributed by atoms with Gasteiger partial charge in [0.15, 0.2) is 0 Å². The Balaban J connectivity index is 2.08. The van der Waals surface area contributed by atoms with Crippen molar-refractivity contribution in [1.82, 2.24) is 0 Å². The lowest BCUT2D eigenvalue weighted by atomic mass is 9.86. The molecule has 0 N–H and O–H groups in total. The van der Waals surface area contributed by atoms with Crippen molar-refractivity contribution in [3.8, 4) is 0 Å². The first kappa shape index (κ1) is 6.98. The van der Waals surface area contributed by atoms with E-state index in [4.69, 9.17) is 0 Å². The maximum Gasteiger partial charge on any atom is 0.0900 e. The van der Waals surface area contributed by atoms with E-state index < -0.39 is 0 Å². The molecule has 1 aliphatic rings. The molecule has 52 valence electrons. The van der Waals surface area contributed by atoms with Crippen molar-refractivity contribution in [1.29, 1.82) is 0 Å². The van der Waals surface area contributed by atoms with Crippen LogP contribution in [-0.2, 0) is 0 Å². The van der Waals surface area contributed by atoms with Crippen LogP contribution in [0.2, 0.25) is 0 Å². The van der Waals surface area contributed by atoms with Crippen LogP contribution < -0.4 is 0 Å². The predicted octanol–water partition coefficient (Wildman–Crippen LogP) is 3.18. The van der Waals surface area contributed by atoms with Gasteiger partial charge in [0, 0.05) is 0 Å². The molecule has 1 fully saturated rings. The maximum atomic E-state index is 2.32. The summed E-state index contributed by atoms with van der Waals surface area (Å²) < 4.78 is 0. The fraction of sp³-hybridized carbons (Fsp3) is 0.889. The Hall–Kier alpha value is -0.130. The van der Waals surface area contributed by atoms with Crippen molar-refractivity contribution in [2.75, 3.05) is 0 Å². The minimum atomic E-state index is 1.05. The average Bonchev–Trinajstić information content (AvgIpc) is 1.91. The molecule has 0 aromatic heterocycles. The quantitative estimate of drug-likeness (QED) is 0.497. The SMILES string of the molecule is C[CH+]CC1CCCCC1. The third kappa shape index (κ3) is 2.30. The van der Waals surface area contributed by atoms with Crippen molar-refractivity contribution in [3.63, 3.8) is 0 Å². The zero-order chi connectivity index (χ0) is 6.53. The van der Waals surface area contributed by atoms with E-state index in [0.29, 0.717) is 0 Å². The molecule has 1 aliphatic carbocycles. The van der Waals surface area contributed by atoms with Crippen LogP contribution in [0.4, 0.5) is 0 Å². The summed E-state index contributed by atoms with van der Waals surface area (Å²) in [6.07, 6.45) is 11.1. The van der Waals surface area contributed by atoms with Crippen LogP contribution in [0.15, 0.2) is 0 Å². The largest absolute Gasteiger partial charge is 0.0900 e. The van der Waals surface area contributed by atoms with Gasteiger partial charge in [-0.15, -0.1) is 0 Å². The average molecular weight is 125 g/mol. The fourth-order valence-corrected chi connectivity index (χ4v) is 1.76. The lowest BCUT2D eigenvalue weighted by molar-refractivity contribution is 0.354. The predicted molar refractivity (Wildman–Crippen MR) is 41.2 cm³/mol. The molecule has 1 rings (SSSR count). The molecule has 0 aromatic carbocycles. The summed E-state index contributed by atoms with van der Waals surface area (Å²) in [5.41, 5.74) is 0. The highest BCUT2D eigenvalue weighted by Crippen LogP contribution is 2.26. The Labute approximate surface area is 58.7 Å². The topological polar surface area (TPSA) is 0 Å². The van der Waals surface area contributed by atoms with Gasteiger partial charge in [-0.05, 0) is 18.8 Å². The highest BCUT2D eigenvalue weighted by Gasteiger charge is 2.14. The van der Waals surface area contributed by atoms with Gasteiger partial charge in [-0.1, -0.05) is 19.3 Å². The summed E-state index contributed by atoms with van der Waals surface area (Å²) in [5, 5.41) is 0. The monoisotopic (exact) mass is 125 g/mol. The van der Waals surface area contributed by atoms with Crippen LogP contribution in [0.1, 0.15) is 45.4 Å². The van der Waals surface area contributed by atoms with Gasteiger partial charge >= 0.3 is 0 Å². The molecule has 0 nitrogen and oxygen atoms in total. The molecule has 0 aliphatic heterocycles. The van der Waals surface area contributed by atoms with Crippen molar-refractivity contribution < 1.29 is 0 Å². The summed E-state index contributed by atoms with van der Waals surface area (Å²) in [6.45, 7) is 2.18. The molecule has 9 heavy (non-hydrogen) atoms. The first-order valence-corrected chi connectivity index (χ1v) is 4.21. The Kier molecular flexibility index (Phi) is 2.96. The summed E-state index contributed by atoms with van der Waals surface area (Å²) in [6, 6.07) is 0. The molecule has 0 aromatic rings. The van der Waals surface area contributed by atoms with Gasteiger partial charge < -0.3 is 0 Å². The zero-order valence-corrected chi connectivity index (χ0v) is 6.40. The Morgan fingerprint density at radius 1 is 1.22 bits per heavy atom. The number of hydrogen-bond acceptors (Lipinski definition) is 0. The molecule has 0 unspecified atom stereocenters. The van der Waals surface area contributed by atoms with Gasteiger partial charge in [-0.2, -0.15) is 0 Å². The van der Waals surface area contributed by atoms with E-state index in [1.165, 1.54) is 38.5 Å². The standard InChI is InChI=1S/C9H17/c1-2-6-9-7-4-3-5-8-9/h2,9H,3-8H2,1H3/q+1. The van der Waals surface area contributed by atoms with Gasteiger partial charge in [0.05, 0.1) is 19.8 Å². The summed E-state index contributed by atoms with van der Waals surface area (Å²) in [5.74, 6) is 1.05. The van der Waals surface area contributed by atoms with Crippen LogP contribution in [0.3, 0.4) is 0 Å². The molecule has 0 heterocycles. The van der Waals surface area contributed by atoms with Crippen LogP contribution in [0.25, 0.3) is 0 Å². The first-order chi connectivity index (χ1) is 4.43. The molecule has 0 radical (unpaired) electrons. The van der Waals surface area contributed by atoms with E-state index in [9.17, 15) is 0 Å². The minimum absolute atomic E-state index is 1.05. The Morgan fingerprint density at radius 2 is 1.89 bits per heavy atom. The molecule has 0 heteroatoms. The van der Waals surface area contributed by atoms with E-state index in [-0.39, 0.29) is 0 Å². The van der Waals surface area contributed by atoms with Crippen molar-refractivity contribution in [2.24, 2.45) is 5.92 Å². The second-order valence-electron chi connectivity index (χ2n) is 3.15. The highest BCUT2D eigenvalue weighted by atomic mass is 14.2. The molecule has 1 saturated carbocycles. The number of hydrogen-bond donors (Lipinski definition) is 0. The normalized spacial score (nSPS) is 21.9. The summed E-state index contributed by atoms with van der Waals surface area (Å²) >= 11 is 0. The van der Waals surface area contributed by atoms with E-state index in [1.54, 1.807) is 0 Å². The third-order valence-electron chi connectivity index (χ3n) is 2.29. The zero-order valence-electron chi connectivity index (χ0n) is 6.40. The van der Waals surface area contributed by atoms with Crippen LogP contribution in [-0.4, -0.2) is 0 Å². The number of rotatable bonds is 2. The molecule has 0 amide bonds. The Morgan fingerprint density at radius 3 is 2.44 bits per heavy atom. The van der Waals surface area contributed by atoms with E-state index in [2.05, 4.69) is 13.3 Å². The molecule has 0 bridgehead atoms. The van der Waals surface area contributed by atoms with Gasteiger partial charge in [0.1, 0.15) is 0 Å². The van der Waals surface area contributed by atoms with Crippen LogP contribution >= 0.6 is 0 Å². The van der Waals surface area contributed by atoms with E-state index in [1.807, 2.05) is 0 Å². The second-order valence-corrected chi connectivity index (χ2v) is 3.15. The van der Waals surface area contributed by atoms with Crippen LogP contribution in [0.5, 0.6) is 0 Å². The second kappa shape index (κ2) is 3.81. The smallest absolute Gasteiger partial charge is 0.0533 e. The third-order valence-corrected chi connectivity index (χ3v) is 2.29. The molecule has 0 spiro atoms. The Bertz CT molecular complexity index is 57.7. The molecule has 0 atom stereocenters. The molecular formula is C9H17+. The van der Waals surface area contributed by atoms with E-state index in [0.717, 1.165) is 5.92 Å². The maximum absolute atomic E-state index is 2.32. The summed E-state index contributed by atoms with van der Waals surface area (Å²) in [7, 11) is 0. The van der Waals surface area contributed by atoms with Gasteiger partial charge in [-0.25, -0.2) is 0 Å². The van der Waals surface area contributed by atoms with Gasteiger partial charge in [0.25, 0.3) is 0 Å². The lowest BCUT2D eigenvalue weighted by Gasteiger charge is -2.17.